The van der Waals surface area contributed by atoms with Crippen LogP contribution in [0, 0.1) is 0 Å². The highest BCUT2D eigenvalue weighted by atomic mass is 32.2. The molecule has 1 atom stereocenters. The van der Waals surface area contributed by atoms with Crippen molar-refractivity contribution in [3.63, 3.8) is 0 Å². The number of carbonyl (C=O) groups is 1. The van der Waals surface area contributed by atoms with Gasteiger partial charge in [-0.1, -0.05) is 18.7 Å². The topological polar surface area (TPSA) is 82.5 Å². The van der Waals surface area contributed by atoms with Crippen LogP contribution in [0.25, 0.3) is 10.2 Å². The fraction of sp³-hybridized carbons (Fsp3) is 0.381. The van der Waals surface area contributed by atoms with Crippen molar-refractivity contribution in [2.45, 2.75) is 44.1 Å². The fourth-order valence-corrected chi connectivity index (χ4v) is 5.15. The van der Waals surface area contributed by atoms with E-state index < -0.39 is 5.25 Å². The number of aryl methyl sites for hydroxylation is 1. The summed E-state index contributed by atoms with van der Waals surface area (Å²) in [6.07, 6.45) is 0.864. The molecule has 158 valence electrons. The Morgan fingerprint density at radius 2 is 2.03 bits per heavy atom. The van der Waals surface area contributed by atoms with Crippen molar-refractivity contribution in [3.05, 3.63) is 39.5 Å². The van der Waals surface area contributed by atoms with E-state index in [1.807, 2.05) is 13.0 Å². The van der Waals surface area contributed by atoms with E-state index in [1.165, 1.54) is 23.1 Å². The van der Waals surface area contributed by atoms with Crippen LogP contribution in [0.3, 0.4) is 0 Å². The molecule has 4 rings (SSSR count). The number of anilines is 1. The molecule has 1 aliphatic rings. The number of thiophene rings is 1. The maximum Gasteiger partial charge on any atom is 0.262 e. The molecule has 1 aromatic carbocycles. The summed E-state index contributed by atoms with van der Waals surface area (Å²) in [6, 6.07) is 7.25. The van der Waals surface area contributed by atoms with Gasteiger partial charge < -0.3 is 14.8 Å². The summed E-state index contributed by atoms with van der Waals surface area (Å²) in [7, 11) is 0. The quantitative estimate of drug-likeness (QED) is 0.457. The van der Waals surface area contributed by atoms with E-state index in [4.69, 9.17) is 14.5 Å². The Hall–Kier alpha value is -2.52. The molecule has 7 nitrogen and oxygen atoms in total. The number of fused-ring (bicyclic) bond motifs is 2. The number of nitrogens with one attached hydrogen (secondary N) is 1. The molecule has 0 fully saturated rings. The Morgan fingerprint density at radius 3 is 2.77 bits per heavy atom. The first-order valence-electron chi connectivity index (χ1n) is 9.90. The van der Waals surface area contributed by atoms with Crippen LogP contribution < -0.4 is 20.3 Å². The Morgan fingerprint density at radius 1 is 1.27 bits per heavy atom. The number of benzene rings is 1. The first kappa shape index (κ1) is 20.7. The lowest BCUT2D eigenvalue weighted by Crippen LogP contribution is -2.26. The zero-order chi connectivity index (χ0) is 21.3. The lowest BCUT2D eigenvalue weighted by Gasteiger charge is -2.19. The van der Waals surface area contributed by atoms with Crippen LogP contribution in [-0.2, 0) is 17.8 Å². The Bertz CT molecular complexity index is 1160. The third kappa shape index (κ3) is 4.04. The van der Waals surface area contributed by atoms with Gasteiger partial charge in [0, 0.05) is 23.2 Å². The summed E-state index contributed by atoms with van der Waals surface area (Å²) in [5.41, 5.74) is 0.583. The van der Waals surface area contributed by atoms with Crippen molar-refractivity contribution in [1.29, 1.82) is 0 Å². The highest BCUT2D eigenvalue weighted by molar-refractivity contribution is 8.00. The summed E-state index contributed by atoms with van der Waals surface area (Å²) in [4.78, 5) is 32.2. The second kappa shape index (κ2) is 8.69. The predicted octanol–water partition coefficient (Wildman–Crippen LogP) is 3.93. The average molecular weight is 446 g/mol. The van der Waals surface area contributed by atoms with Crippen LogP contribution in [0.4, 0.5) is 5.69 Å². The van der Waals surface area contributed by atoms with Crippen molar-refractivity contribution in [2.75, 3.05) is 18.5 Å². The molecule has 1 aliphatic heterocycles. The van der Waals surface area contributed by atoms with Gasteiger partial charge in [0.25, 0.3) is 5.56 Å². The number of carbonyl (C=O) groups excluding carboxylic acids is 1. The largest absolute Gasteiger partial charge is 0.486 e. The van der Waals surface area contributed by atoms with Gasteiger partial charge in [0.2, 0.25) is 5.91 Å². The number of rotatable bonds is 6. The number of ether oxygens (including phenoxy) is 2. The van der Waals surface area contributed by atoms with E-state index in [1.54, 1.807) is 29.7 Å². The monoisotopic (exact) mass is 445 g/mol. The highest BCUT2D eigenvalue weighted by Gasteiger charge is 2.21. The maximum absolute atomic E-state index is 12.9. The van der Waals surface area contributed by atoms with Gasteiger partial charge in [0.05, 0.1) is 10.6 Å². The Labute approximate surface area is 182 Å². The van der Waals surface area contributed by atoms with E-state index in [-0.39, 0.29) is 11.5 Å². The molecular weight excluding hydrogens is 422 g/mol. The number of amides is 1. The zero-order valence-corrected chi connectivity index (χ0v) is 18.7. The van der Waals surface area contributed by atoms with Gasteiger partial charge in [-0.3, -0.25) is 14.2 Å². The van der Waals surface area contributed by atoms with Crippen LogP contribution in [0.5, 0.6) is 11.5 Å². The van der Waals surface area contributed by atoms with Crippen LogP contribution in [-0.4, -0.2) is 33.9 Å². The van der Waals surface area contributed by atoms with E-state index in [2.05, 4.69) is 12.2 Å². The van der Waals surface area contributed by atoms with Crippen molar-refractivity contribution < 1.29 is 14.3 Å². The Balaban J connectivity index is 1.54. The SMILES string of the molecule is CCc1cc2c(=O)n(CC)c(S[C@@H](C)C(=O)Nc3ccc4c(c3)OCCO4)nc2s1. The molecule has 3 aromatic rings. The number of nitrogens with zero attached hydrogens (tertiary/aromatic N) is 2. The van der Waals surface area contributed by atoms with Gasteiger partial charge >= 0.3 is 0 Å². The third-order valence-electron chi connectivity index (χ3n) is 4.79. The minimum atomic E-state index is -0.439. The molecule has 9 heteroatoms. The second-order valence-corrected chi connectivity index (χ2v) is 9.26. The van der Waals surface area contributed by atoms with Crippen molar-refractivity contribution in [2.24, 2.45) is 0 Å². The number of hydrogen-bond acceptors (Lipinski definition) is 7. The lowest BCUT2D eigenvalue weighted by molar-refractivity contribution is -0.115. The summed E-state index contributed by atoms with van der Waals surface area (Å²) >= 11 is 2.82. The first-order chi connectivity index (χ1) is 14.5. The van der Waals surface area contributed by atoms with E-state index >= 15 is 0 Å². The lowest BCUT2D eigenvalue weighted by atomic mass is 10.2. The fourth-order valence-electron chi connectivity index (χ4n) is 3.17. The molecule has 30 heavy (non-hydrogen) atoms. The summed E-state index contributed by atoms with van der Waals surface area (Å²) in [6.45, 7) is 7.28. The minimum absolute atomic E-state index is 0.0552. The summed E-state index contributed by atoms with van der Waals surface area (Å²) in [5.74, 6) is 1.12. The molecule has 0 spiro atoms. The van der Waals surface area contributed by atoms with Gasteiger partial charge in [-0.2, -0.15) is 0 Å². The zero-order valence-electron chi connectivity index (χ0n) is 17.1. The standard InChI is InChI=1S/C21H23N3O4S2/c1-4-14-11-15-19(30-14)23-21(24(5-2)20(15)26)29-12(3)18(25)22-13-6-7-16-17(10-13)28-9-8-27-16/h6-7,10-12H,4-5,8-9H2,1-3H3,(H,22,25)/t12-/m0/s1. The molecule has 3 heterocycles. The molecule has 2 aromatic heterocycles. The van der Waals surface area contributed by atoms with Crippen molar-refractivity contribution in [1.82, 2.24) is 9.55 Å². The molecule has 0 bridgehead atoms. The van der Waals surface area contributed by atoms with Crippen LogP contribution in [0.15, 0.2) is 34.2 Å². The second-order valence-electron chi connectivity index (χ2n) is 6.84. The third-order valence-corrected chi connectivity index (χ3v) is 7.06. The van der Waals surface area contributed by atoms with E-state index in [0.29, 0.717) is 47.5 Å². The maximum atomic E-state index is 12.9. The number of aromatic nitrogens is 2. The van der Waals surface area contributed by atoms with Crippen molar-refractivity contribution in [3.8, 4) is 11.5 Å². The predicted molar refractivity (Wildman–Crippen MR) is 120 cm³/mol. The molecule has 0 aliphatic carbocycles. The van der Waals surface area contributed by atoms with E-state index in [9.17, 15) is 9.59 Å². The first-order valence-corrected chi connectivity index (χ1v) is 11.6. The van der Waals surface area contributed by atoms with Gasteiger partial charge in [-0.05, 0) is 38.5 Å². The molecule has 0 radical (unpaired) electrons. The molecule has 1 N–H and O–H groups in total. The van der Waals surface area contributed by atoms with Crippen LogP contribution >= 0.6 is 23.1 Å². The smallest absolute Gasteiger partial charge is 0.262 e. The molecule has 1 amide bonds. The van der Waals surface area contributed by atoms with Gasteiger partial charge in [0.15, 0.2) is 16.7 Å². The molecule has 0 saturated heterocycles. The highest BCUT2D eigenvalue weighted by Crippen LogP contribution is 2.33. The number of thioether (sulfide) groups is 1. The molecular formula is C21H23N3O4S2. The van der Waals surface area contributed by atoms with Gasteiger partial charge in [-0.15, -0.1) is 11.3 Å². The molecule has 0 saturated carbocycles. The normalized spacial score (nSPS) is 14.0. The van der Waals surface area contributed by atoms with Gasteiger partial charge in [0.1, 0.15) is 18.0 Å². The van der Waals surface area contributed by atoms with E-state index in [0.717, 1.165) is 16.1 Å². The van der Waals surface area contributed by atoms with Crippen molar-refractivity contribution >= 4 is 44.9 Å². The van der Waals surface area contributed by atoms with Gasteiger partial charge in [-0.25, -0.2) is 4.98 Å². The minimum Gasteiger partial charge on any atom is -0.486 e. The Kier molecular flexibility index (Phi) is 6.01. The average Bonchev–Trinajstić information content (AvgIpc) is 3.17. The van der Waals surface area contributed by atoms with Crippen LogP contribution in [0.1, 0.15) is 25.6 Å². The molecule has 0 unspecified atom stereocenters. The van der Waals surface area contributed by atoms with Crippen LogP contribution in [0.2, 0.25) is 0 Å². The number of hydrogen-bond donors (Lipinski definition) is 1. The summed E-state index contributed by atoms with van der Waals surface area (Å²) in [5, 5.41) is 3.68. The summed E-state index contributed by atoms with van der Waals surface area (Å²) < 4.78 is 12.7.